The SMILES string of the molecule is CC1NCCc2c1oc1cc(S(=O)(=O)c3cccc(C(F)(F)F)c3)ccc21. The minimum atomic E-state index is -4.61. The Kier molecular flexibility index (Phi) is 4.08. The number of furan rings is 1. The van der Waals surface area contributed by atoms with E-state index in [0.29, 0.717) is 11.6 Å². The van der Waals surface area contributed by atoms with Gasteiger partial charge >= 0.3 is 6.18 Å². The van der Waals surface area contributed by atoms with Crippen LogP contribution in [0.5, 0.6) is 0 Å². The molecule has 1 aliphatic heterocycles. The summed E-state index contributed by atoms with van der Waals surface area (Å²) < 4.78 is 70.3. The molecule has 0 bridgehead atoms. The fourth-order valence-electron chi connectivity index (χ4n) is 3.41. The monoisotopic (exact) mass is 395 g/mol. The zero-order chi connectivity index (χ0) is 19.4. The standard InChI is InChI=1S/C19H16F3NO3S/c1-11-18-16(7-8-23-11)15-6-5-14(10-17(15)26-18)27(24,25)13-4-2-3-12(9-13)19(20,21)22/h2-6,9-11,23H,7-8H2,1H3. The molecule has 0 fully saturated rings. The number of fused-ring (bicyclic) bond motifs is 3. The molecule has 8 heteroatoms. The minimum Gasteiger partial charge on any atom is -0.459 e. The Balaban J connectivity index is 1.82. The number of hydrogen-bond acceptors (Lipinski definition) is 4. The summed E-state index contributed by atoms with van der Waals surface area (Å²) in [6, 6.07) is 8.23. The summed E-state index contributed by atoms with van der Waals surface area (Å²) in [5, 5.41) is 4.11. The van der Waals surface area contributed by atoms with Gasteiger partial charge in [0, 0.05) is 17.0 Å². The summed E-state index contributed by atoms with van der Waals surface area (Å²) in [7, 11) is -4.10. The second kappa shape index (κ2) is 6.10. The molecule has 27 heavy (non-hydrogen) atoms. The Morgan fingerprint density at radius 1 is 1.11 bits per heavy atom. The molecule has 0 saturated carbocycles. The highest BCUT2D eigenvalue weighted by molar-refractivity contribution is 7.91. The number of alkyl halides is 3. The average molecular weight is 395 g/mol. The zero-order valence-electron chi connectivity index (χ0n) is 14.3. The van der Waals surface area contributed by atoms with Crippen molar-refractivity contribution in [1.29, 1.82) is 0 Å². The second-order valence-corrected chi connectivity index (χ2v) is 8.51. The van der Waals surface area contributed by atoms with Crippen LogP contribution in [0.2, 0.25) is 0 Å². The van der Waals surface area contributed by atoms with Crippen LogP contribution < -0.4 is 5.32 Å². The van der Waals surface area contributed by atoms with Crippen molar-refractivity contribution in [2.75, 3.05) is 6.54 Å². The van der Waals surface area contributed by atoms with Gasteiger partial charge in [0.1, 0.15) is 11.3 Å². The van der Waals surface area contributed by atoms with Gasteiger partial charge in [0.05, 0.1) is 21.4 Å². The molecule has 0 saturated heterocycles. The van der Waals surface area contributed by atoms with Gasteiger partial charge < -0.3 is 9.73 Å². The van der Waals surface area contributed by atoms with E-state index in [4.69, 9.17) is 4.42 Å². The van der Waals surface area contributed by atoms with E-state index in [0.717, 1.165) is 47.9 Å². The summed E-state index contributed by atoms with van der Waals surface area (Å²) in [5.41, 5.74) is 0.459. The lowest BCUT2D eigenvalue weighted by Gasteiger charge is -2.18. The first-order valence-electron chi connectivity index (χ1n) is 8.39. The fraction of sp³-hybridized carbons (Fsp3) is 0.263. The van der Waals surface area contributed by atoms with E-state index in [9.17, 15) is 21.6 Å². The predicted molar refractivity (Wildman–Crippen MR) is 93.2 cm³/mol. The molecular weight excluding hydrogens is 379 g/mol. The summed E-state index contributed by atoms with van der Waals surface area (Å²) in [4.78, 5) is -0.496. The molecule has 1 unspecified atom stereocenters. The number of rotatable bonds is 2. The van der Waals surface area contributed by atoms with Crippen molar-refractivity contribution in [2.24, 2.45) is 0 Å². The van der Waals surface area contributed by atoms with Crippen LogP contribution in [0.4, 0.5) is 13.2 Å². The van der Waals surface area contributed by atoms with E-state index in [1.807, 2.05) is 6.92 Å². The zero-order valence-corrected chi connectivity index (χ0v) is 15.1. The lowest BCUT2D eigenvalue weighted by atomic mass is 10.0. The molecule has 0 spiro atoms. The van der Waals surface area contributed by atoms with E-state index < -0.39 is 26.5 Å². The molecule has 4 nitrogen and oxygen atoms in total. The highest BCUT2D eigenvalue weighted by Crippen LogP contribution is 2.36. The van der Waals surface area contributed by atoms with Gasteiger partial charge in [0.2, 0.25) is 9.84 Å². The molecule has 1 aromatic heterocycles. The highest BCUT2D eigenvalue weighted by Gasteiger charge is 2.32. The van der Waals surface area contributed by atoms with Crippen molar-refractivity contribution in [2.45, 2.75) is 35.4 Å². The van der Waals surface area contributed by atoms with Crippen molar-refractivity contribution in [3.63, 3.8) is 0 Å². The van der Waals surface area contributed by atoms with Crippen molar-refractivity contribution in [3.05, 3.63) is 59.4 Å². The number of benzene rings is 2. The van der Waals surface area contributed by atoms with Gasteiger partial charge in [-0.3, -0.25) is 0 Å². The molecule has 2 heterocycles. The molecule has 3 aromatic rings. The number of nitrogens with one attached hydrogen (secondary N) is 1. The Labute approximate surface area is 153 Å². The molecule has 1 N–H and O–H groups in total. The second-order valence-electron chi connectivity index (χ2n) is 6.56. The third-order valence-electron chi connectivity index (χ3n) is 4.80. The van der Waals surface area contributed by atoms with Crippen LogP contribution in [0.3, 0.4) is 0 Å². The maximum absolute atomic E-state index is 12.9. The number of halogens is 3. The van der Waals surface area contributed by atoms with E-state index in [1.165, 1.54) is 12.1 Å². The average Bonchev–Trinajstić information content (AvgIpc) is 3.00. The van der Waals surface area contributed by atoms with E-state index in [2.05, 4.69) is 5.32 Å². The first kappa shape index (κ1) is 18.1. The van der Waals surface area contributed by atoms with Crippen molar-refractivity contribution >= 4 is 20.8 Å². The lowest BCUT2D eigenvalue weighted by Crippen LogP contribution is -2.26. The van der Waals surface area contributed by atoms with Crippen molar-refractivity contribution < 1.29 is 26.0 Å². The van der Waals surface area contributed by atoms with Crippen LogP contribution in [0.15, 0.2) is 56.7 Å². The van der Waals surface area contributed by atoms with Gasteiger partial charge in [-0.25, -0.2) is 8.42 Å². The van der Waals surface area contributed by atoms with Gasteiger partial charge in [0.15, 0.2) is 0 Å². The summed E-state index contributed by atoms with van der Waals surface area (Å²) in [6.07, 6.45) is -3.84. The van der Waals surface area contributed by atoms with Crippen LogP contribution in [-0.2, 0) is 22.4 Å². The Morgan fingerprint density at radius 3 is 2.59 bits per heavy atom. The summed E-state index contributed by atoms with van der Waals surface area (Å²) in [6.45, 7) is 2.76. The van der Waals surface area contributed by atoms with Gasteiger partial charge in [-0.15, -0.1) is 0 Å². The fourth-order valence-corrected chi connectivity index (χ4v) is 4.73. The molecule has 0 amide bonds. The predicted octanol–water partition coefficient (Wildman–Crippen LogP) is 4.49. The Bertz CT molecular complexity index is 1130. The normalized spacial score (nSPS) is 17.9. The number of hydrogen-bond donors (Lipinski definition) is 1. The van der Waals surface area contributed by atoms with Crippen LogP contribution in [0, 0.1) is 0 Å². The van der Waals surface area contributed by atoms with Crippen LogP contribution >= 0.6 is 0 Å². The maximum Gasteiger partial charge on any atom is 0.416 e. The summed E-state index contributed by atoms with van der Waals surface area (Å²) in [5.74, 6) is 0.768. The molecule has 1 atom stereocenters. The van der Waals surface area contributed by atoms with Gasteiger partial charge in [-0.1, -0.05) is 6.07 Å². The molecule has 2 aromatic carbocycles. The van der Waals surface area contributed by atoms with E-state index in [-0.39, 0.29) is 10.9 Å². The van der Waals surface area contributed by atoms with Gasteiger partial charge in [0.25, 0.3) is 0 Å². The maximum atomic E-state index is 12.9. The number of sulfone groups is 1. The molecular formula is C19H16F3NO3S. The topological polar surface area (TPSA) is 59.3 Å². The summed E-state index contributed by atoms with van der Waals surface area (Å²) >= 11 is 0. The molecule has 1 aliphatic rings. The molecule has 0 radical (unpaired) electrons. The lowest BCUT2D eigenvalue weighted by molar-refractivity contribution is -0.137. The quantitative estimate of drug-likeness (QED) is 0.695. The van der Waals surface area contributed by atoms with Crippen LogP contribution in [0.25, 0.3) is 11.0 Å². The highest BCUT2D eigenvalue weighted by atomic mass is 32.2. The third kappa shape index (κ3) is 3.02. The van der Waals surface area contributed by atoms with Crippen molar-refractivity contribution in [1.82, 2.24) is 5.32 Å². The van der Waals surface area contributed by atoms with Gasteiger partial charge in [-0.05, 0) is 50.2 Å². The third-order valence-corrected chi connectivity index (χ3v) is 6.55. The van der Waals surface area contributed by atoms with E-state index >= 15 is 0 Å². The van der Waals surface area contributed by atoms with Crippen LogP contribution in [0.1, 0.15) is 29.9 Å². The van der Waals surface area contributed by atoms with Gasteiger partial charge in [-0.2, -0.15) is 13.2 Å². The van der Waals surface area contributed by atoms with Crippen LogP contribution in [-0.4, -0.2) is 15.0 Å². The molecule has 142 valence electrons. The minimum absolute atomic E-state index is 0.0182. The Hall–Kier alpha value is -2.32. The largest absolute Gasteiger partial charge is 0.459 e. The first-order chi connectivity index (χ1) is 12.7. The smallest absolute Gasteiger partial charge is 0.416 e. The van der Waals surface area contributed by atoms with E-state index in [1.54, 1.807) is 6.07 Å². The molecule has 0 aliphatic carbocycles. The molecule has 4 rings (SSSR count). The van der Waals surface area contributed by atoms with Crippen molar-refractivity contribution in [3.8, 4) is 0 Å². The Morgan fingerprint density at radius 2 is 1.85 bits per heavy atom. The first-order valence-corrected chi connectivity index (χ1v) is 9.87.